The van der Waals surface area contributed by atoms with Gasteiger partial charge in [0.15, 0.2) is 0 Å². The zero-order valence-electron chi connectivity index (χ0n) is 11.6. The Morgan fingerprint density at radius 1 is 1.39 bits per heavy atom. The lowest BCUT2D eigenvalue weighted by molar-refractivity contribution is -0.384. The van der Waals surface area contributed by atoms with E-state index in [9.17, 15) is 18.5 Å². The molecular weight excluding hydrogens is 342 g/mol. The SMILES string of the molecule is N#Cc1ccnc(NCCNS(=O)(=O)c2cccs2)c1[N+](=O)[O-]. The van der Waals surface area contributed by atoms with Crippen molar-refractivity contribution in [1.82, 2.24) is 9.71 Å². The van der Waals surface area contributed by atoms with Gasteiger partial charge in [0.25, 0.3) is 0 Å². The van der Waals surface area contributed by atoms with E-state index in [2.05, 4.69) is 15.0 Å². The van der Waals surface area contributed by atoms with E-state index >= 15 is 0 Å². The molecule has 2 aromatic heterocycles. The molecule has 0 spiro atoms. The summed E-state index contributed by atoms with van der Waals surface area (Å²) in [6.45, 7) is 0.0865. The van der Waals surface area contributed by atoms with E-state index in [0.717, 1.165) is 11.3 Å². The molecule has 11 heteroatoms. The van der Waals surface area contributed by atoms with Crippen LogP contribution < -0.4 is 10.0 Å². The number of thiophene rings is 1. The number of nitriles is 1. The standard InChI is InChI=1S/C12H11N5O4S2/c13-8-9-3-4-14-12(11(9)17(18)19)15-5-6-16-23(20,21)10-2-1-7-22-10/h1-4,7,16H,5-6H2,(H,14,15). The van der Waals surface area contributed by atoms with Crippen LogP contribution in [0, 0.1) is 21.4 Å². The monoisotopic (exact) mass is 353 g/mol. The van der Waals surface area contributed by atoms with Crippen LogP contribution in [-0.2, 0) is 10.0 Å². The third-order valence-electron chi connectivity index (χ3n) is 2.70. The van der Waals surface area contributed by atoms with Crippen molar-refractivity contribution in [1.29, 1.82) is 5.26 Å². The van der Waals surface area contributed by atoms with Gasteiger partial charge in [-0.2, -0.15) is 5.26 Å². The smallest absolute Gasteiger partial charge is 0.328 e. The van der Waals surface area contributed by atoms with E-state index in [1.807, 2.05) is 0 Å². The Kier molecular flexibility index (Phi) is 5.22. The van der Waals surface area contributed by atoms with E-state index in [-0.39, 0.29) is 28.7 Å². The highest BCUT2D eigenvalue weighted by molar-refractivity contribution is 7.91. The normalized spacial score (nSPS) is 10.9. The number of aromatic nitrogens is 1. The molecule has 0 aliphatic carbocycles. The Labute approximate surface area is 135 Å². The molecule has 0 amide bonds. The zero-order chi connectivity index (χ0) is 16.9. The maximum Gasteiger partial charge on any atom is 0.328 e. The van der Waals surface area contributed by atoms with Gasteiger partial charge in [0.2, 0.25) is 15.8 Å². The van der Waals surface area contributed by atoms with Crippen molar-refractivity contribution < 1.29 is 13.3 Å². The summed E-state index contributed by atoms with van der Waals surface area (Å²) < 4.78 is 26.3. The lowest BCUT2D eigenvalue weighted by Crippen LogP contribution is -2.28. The van der Waals surface area contributed by atoms with Gasteiger partial charge in [0.1, 0.15) is 15.8 Å². The van der Waals surface area contributed by atoms with Crippen LogP contribution >= 0.6 is 11.3 Å². The Morgan fingerprint density at radius 2 is 2.17 bits per heavy atom. The Balaban J connectivity index is 2.00. The van der Waals surface area contributed by atoms with Crippen LogP contribution in [0.1, 0.15) is 5.56 Å². The molecule has 0 aromatic carbocycles. The second kappa shape index (κ2) is 7.14. The molecule has 2 rings (SSSR count). The average Bonchev–Trinajstić information content (AvgIpc) is 3.06. The van der Waals surface area contributed by atoms with Crippen molar-refractivity contribution in [3.8, 4) is 6.07 Å². The molecule has 2 heterocycles. The van der Waals surface area contributed by atoms with Gasteiger partial charge in [-0.3, -0.25) is 10.1 Å². The fraction of sp³-hybridized carbons (Fsp3) is 0.167. The molecule has 0 saturated carbocycles. The Bertz CT molecular complexity index is 843. The first-order valence-corrected chi connectivity index (χ1v) is 8.62. The van der Waals surface area contributed by atoms with Crippen LogP contribution in [-0.4, -0.2) is 31.4 Å². The highest BCUT2D eigenvalue weighted by atomic mass is 32.2. The fourth-order valence-corrected chi connectivity index (χ4v) is 3.78. The quantitative estimate of drug-likeness (QED) is 0.435. The number of rotatable bonds is 7. The number of nitrogens with one attached hydrogen (secondary N) is 2. The molecule has 0 radical (unpaired) electrons. The second-order valence-electron chi connectivity index (χ2n) is 4.18. The van der Waals surface area contributed by atoms with Crippen LogP contribution in [0.2, 0.25) is 0 Å². The van der Waals surface area contributed by atoms with Crippen molar-refractivity contribution in [3.63, 3.8) is 0 Å². The van der Waals surface area contributed by atoms with Gasteiger partial charge < -0.3 is 5.32 Å². The summed E-state index contributed by atoms with van der Waals surface area (Å²) in [6.07, 6.45) is 1.27. The Hall–Kier alpha value is -2.55. The zero-order valence-corrected chi connectivity index (χ0v) is 13.2. The molecule has 23 heavy (non-hydrogen) atoms. The molecule has 0 bridgehead atoms. The fourth-order valence-electron chi connectivity index (χ4n) is 1.71. The Morgan fingerprint density at radius 3 is 2.78 bits per heavy atom. The summed E-state index contributed by atoms with van der Waals surface area (Å²) in [5.41, 5.74) is -0.553. The summed E-state index contributed by atoms with van der Waals surface area (Å²) in [5.74, 6) is -0.0793. The first kappa shape index (κ1) is 16.8. The van der Waals surface area contributed by atoms with Gasteiger partial charge in [-0.1, -0.05) is 6.07 Å². The van der Waals surface area contributed by atoms with Crippen LogP contribution in [0.3, 0.4) is 0 Å². The van der Waals surface area contributed by atoms with Gasteiger partial charge in [-0.25, -0.2) is 18.1 Å². The minimum absolute atomic E-state index is 0.00977. The number of anilines is 1. The van der Waals surface area contributed by atoms with Crippen LogP contribution in [0.15, 0.2) is 34.0 Å². The summed E-state index contributed by atoms with van der Waals surface area (Å²) in [7, 11) is -3.59. The predicted molar refractivity (Wildman–Crippen MR) is 83.6 cm³/mol. The van der Waals surface area contributed by atoms with Crippen molar-refractivity contribution in [2.45, 2.75) is 4.21 Å². The van der Waals surface area contributed by atoms with Crippen LogP contribution in [0.25, 0.3) is 0 Å². The molecule has 0 atom stereocenters. The molecule has 0 saturated heterocycles. The maximum absolute atomic E-state index is 11.9. The molecule has 9 nitrogen and oxygen atoms in total. The van der Waals surface area contributed by atoms with Crippen molar-refractivity contribution in [2.75, 3.05) is 18.4 Å². The predicted octanol–water partition coefficient (Wildman–Crippen LogP) is 1.31. The summed E-state index contributed by atoms with van der Waals surface area (Å²) in [6, 6.07) is 6.06. The highest BCUT2D eigenvalue weighted by Gasteiger charge is 2.21. The molecule has 2 N–H and O–H groups in total. The van der Waals surface area contributed by atoms with E-state index in [1.165, 1.54) is 18.3 Å². The number of nitro groups is 1. The third-order valence-corrected chi connectivity index (χ3v) is 5.56. The molecule has 120 valence electrons. The second-order valence-corrected chi connectivity index (χ2v) is 7.12. The first-order chi connectivity index (χ1) is 11.0. The van der Waals surface area contributed by atoms with Crippen LogP contribution in [0.4, 0.5) is 11.5 Å². The first-order valence-electron chi connectivity index (χ1n) is 6.26. The van der Waals surface area contributed by atoms with Gasteiger partial charge >= 0.3 is 5.69 Å². The molecule has 2 aromatic rings. The van der Waals surface area contributed by atoms with Crippen LogP contribution in [0.5, 0.6) is 0 Å². The van der Waals surface area contributed by atoms with Gasteiger partial charge in [-0.15, -0.1) is 11.3 Å². The summed E-state index contributed by atoms with van der Waals surface area (Å²) in [4.78, 5) is 14.1. The van der Waals surface area contributed by atoms with Gasteiger partial charge in [-0.05, 0) is 17.5 Å². The summed E-state index contributed by atoms with van der Waals surface area (Å²) in [5, 5.41) is 24.2. The van der Waals surface area contributed by atoms with Crippen molar-refractivity contribution in [2.24, 2.45) is 0 Å². The van der Waals surface area contributed by atoms with Crippen molar-refractivity contribution in [3.05, 3.63) is 45.5 Å². The number of nitrogens with zero attached hydrogens (tertiary/aromatic N) is 3. The number of hydrogen-bond donors (Lipinski definition) is 2. The lowest BCUT2D eigenvalue weighted by atomic mass is 10.2. The minimum atomic E-state index is -3.59. The van der Waals surface area contributed by atoms with E-state index in [1.54, 1.807) is 17.5 Å². The maximum atomic E-state index is 11.9. The number of hydrogen-bond acceptors (Lipinski definition) is 8. The van der Waals surface area contributed by atoms with E-state index in [4.69, 9.17) is 5.26 Å². The van der Waals surface area contributed by atoms with Crippen molar-refractivity contribution >= 4 is 32.9 Å². The molecule has 0 aliphatic heterocycles. The van der Waals surface area contributed by atoms with E-state index in [0.29, 0.717) is 0 Å². The largest absolute Gasteiger partial charge is 0.363 e. The third kappa shape index (κ3) is 4.01. The average molecular weight is 353 g/mol. The molecule has 0 fully saturated rings. The van der Waals surface area contributed by atoms with Gasteiger partial charge in [0, 0.05) is 19.3 Å². The minimum Gasteiger partial charge on any atom is -0.363 e. The topological polar surface area (TPSA) is 138 Å². The molecular formula is C12H11N5O4S2. The van der Waals surface area contributed by atoms with E-state index < -0.39 is 20.6 Å². The van der Waals surface area contributed by atoms with Gasteiger partial charge in [0.05, 0.1) is 4.92 Å². The lowest BCUT2D eigenvalue weighted by Gasteiger charge is -2.08. The summed E-state index contributed by atoms with van der Waals surface area (Å²) >= 11 is 1.09. The molecule has 0 unspecified atom stereocenters. The highest BCUT2D eigenvalue weighted by Crippen LogP contribution is 2.25. The molecule has 0 aliphatic rings. The number of pyridine rings is 1. The number of sulfonamides is 1.